The van der Waals surface area contributed by atoms with E-state index >= 15 is 0 Å². The van der Waals surface area contributed by atoms with Gasteiger partial charge in [0.15, 0.2) is 0 Å². The van der Waals surface area contributed by atoms with E-state index in [1.165, 1.54) is 33.4 Å². The molecule has 110 valence electrons. The fourth-order valence-electron chi connectivity index (χ4n) is 3.00. The summed E-state index contributed by atoms with van der Waals surface area (Å²) in [5.41, 5.74) is 13.1. The van der Waals surface area contributed by atoms with Crippen molar-refractivity contribution in [1.29, 1.82) is 0 Å². The molecule has 0 spiro atoms. The van der Waals surface area contributed by atoms with Crippen LogP contribution in [-0.4, -0.2) is 14.3 Å². The second-order valence-corrected chi connectivity index (χ2v) is 5.75. The molecule has 0 bridgehead atoms. The average molecular weight is 282 g/mol. The number of hydrogen-bond acceptors (Lipinski definition) is 2. The molecular formula is C17H22N4. The van der Waals surface area contributed by atoms with Gasteiger partial charge in [-0.25, -0.2) is 0 Å². The van der Waals surface area contributed by atoms with Gasteiger partial charge in [-0.2, -0.15) is 5.10 Å². The van der Waals surface area contributed by atoms with Gasteiger partial charge in [0.25, 0.3) is 0 Å². The fourth-order valence-corrected chi connectivity index (χ4v) is 3.00. The van der Waals surface area contributed by atoms with Gasteiger partial charge in [-0.15, -0.1) is 0 Å². The van der Waals surface area contributed by atoms with Crippen LogP contribution in [0.2, 0.25) is 0 Å². The monoisotopic (exact) mass is 282 g/mol. The van der Waals surface area contributed by atoms with Crippen LogP contribution in [0.15, 0.2) is 24.3 Å². The summed E-state index contributed by atoms with van der Waals surface area (Å²) < 4.78 is 4.33. The predicted octanol–water partition coefficient (Wildman–Crippen LogP) is 2.81. The normalized spacial score (nSPS) is 11.5. The Hall–Kier alpha value is -2.07. The van der Waals surface area contributed by atoms with Crippen LogP contribution in [0.5, 0.6) is 0 Å². The Morgan fingerprint density at radius 1 is 1.14 bits per heavy atom. The quantitative estimate of drug-likeness (QED) is 0.803. The van der Waals surface area contributed by atoms with Gasteiger partial charge < -0.3 is 10.3 Å². The lowest BCUT2D eigenvalue weighted by molar-refractivity contribution is 0.665. The van der Waals surface area contributed by atoms with Crippen molar-refractivity contribution in [1.82, 2.24) is 14.3 Å². The molecule has 0 fully saturated rings. The van der Waals surface area contributed by atoms with E-state index in [1.54, 1.807) is 0 Å². The first-order valence-corrected chi connectivity index (χ1v) is 7.29. The Bertz CT molecular complexity index is 808. The van der Waals surface area contributed by atoms with Crippen LogP contribution in [0.3, 0.4) is 0 Å². The van der Waals surface area contributed by atoms with Crippen molar-refractivity contribution in [2.45, 2.75) is 33.9 Å². The van der Waals surface area contributed by atoms with Crippen molar-refractivity contribution < 1.29 is 0 Å². The second kappa shape index (κ2) is 5.04. The van der Waals surface area contributed by atoms with Crippen LogP contribution < -0.4 is 5.73 Å². The molecule has 0 aliphatic rings. The third kappa shape index (κ3) is 2.25. The third-order valence-corrected chi connectivity index (χ3v) is 4.36. The van der Waals surface area contributed by atoms with E-state index in [2.05, 4.69) is 47.8 Å². The Morgan fingerprint density at radius 3 is 2.52 bits per heavy atom. The summed E-state index contributed by atoms with van der Waals surface area (Å²) in [6.45, 7) is 7.82. The van der Waals surface area contributed by atoms with Crippen LogP contribution in [-0.2, 0) is 20.1 Å². The Morgan fingerprint density at radius 2 is 1.90 bits per heavy atom. The predicted molar refractivity (Wildman–Crippen MR) is 86.4 cm³/mol. The molecule has 2 N–H and O–H groups in total. The molecule has 3 rings (SSSR count). The summed E-state index contributed by atoms with van der Waals surface area (Å²) in [6.07, 6.45) is 0. The minimum absolute atomic E-state index is 0.584. The number of fused-ring (bicyclic) bond motifs is 1. The van der Waals surface area contributed by atoms with Crippen molar-refractivity contribution >= 4 is 10.9 Å². The van der Waals surface area contributed by atoms with E-state index in [1.807, 2.05) is 18.7 Å². The summed E-state index contributed by atoms with van der Waals surface area (Å²) in [6, 6.07) is 8.66. The number of aromatic nitrogens is 3. The largest absolute Gasteiger partial charge is 0.339 e. The summed E-state index contributed by atoms with van der Waals surface area (Å²) >= 11 is 0. The Kier molecular flexibility index (Phi) is 3.33. The molecule has 4 heteroatoms. The van der Waals surface area contributed by atoms with Gasteiger partial charge in [-0.05, 0) is 50.1 Å². The third-order valence-electron chi connectivity index (χ3n) is 4.36. The molecule has 0 amide bonds. The fraction of sp³-hybridized carbons (Fsp3) is 0.353. The molecule has 2 heterocycles. The van der Waals surface area contributed by atoms with Crippen molar-refractivity contribution in [2.24, 2.45) is 12.8 Å². The molecule has 1 aromatic carbocycles. The van der Waals surface area contributed by atoms with Crippen molar-refractivity contribution in [3.63, 3.8) is 0 Å². The summed E-state index contributed by atoms with van der Waals surface area (Å²) in [5, 5.41) is 5.74. The highest BCUT2D eigenvalue weighted by Gasteiger charge is 2.13. The lowest BCUT2D eigenvalue weighted by Gasteiger charge is -2.09. The molecule has 0 aliphatic carbocycles. The standard InChI is InChI=1S/C17H22N4/c1-11-7-15(20(4)19-11)10-21-13(3)12(2)16-8-14(9-18)5-6-17(16)21/h5-8H,9-10,18H2,1-4H3. The SMILES string of the molecule is Cc1cc(Cn2c(C)c(C)c3cc(CN)ccc32)n(C)n1. The molecular weight excluding hydrogens is 260 g/mol. The summed E-state index contributed by atoms with van der Waals surface area (Å²) in [7, 11) is 2.00. The Labute approximate surface area is 125 Å². The van der Waals surface area contributed by atoms with E-state index in [9.17, 15) is 0 Å². The molecule has 0 aliphatic heterocycles. The van der Waals surface area contributed by atoms with E-state index < -0.39 is 0 Å². The van der Waals surface area contributed by atoms with Gasteiger partial charge in [-0.1, -0.05) is 6.07 Å². The summed E-state index contributed by atoms with van der Waals surface area (Å²) in [5.74, 6) is 0. The van der Waals surface area contributed by atoms with E-state index in [0.717, 1.165) is 12.2 Å². The number of aryl methyl sites for hydroxylation is 3. The Balaban J connectivity index is 2.14. The first-order valence-electron chi connectivity index (χ1n) is 7.29. The summed E-state index contributed by atoms with van der Waals surface area (Å²) in [4.78, 5) is 0. The van der Waals surface area contributed by atoms with Crippen molar-refractivity contribution in [3.8, 4) is 0 Å². The van der Waals surface area contributed by atoms with Gasteiger partial charge in [0, 0.05) is 30.2 Å². The van der Waals surface area contributed by atoms with Gasteiger partial charge >= 0.3 is 0 Å². The molecule has 0 saturated carbocycles. The van der Waals surface area contributed by atoms with Crippen molar-refractivity contribution in [3.05, 3.63) is 52.5 Å². The minimum atomic E-state index is 0.584. The average Bonchev–Trinajstić information content (AvgIpc) is 2.91. The molecule has 0 radical (unpaired) electrons. The smallest absolute Gasteiger partial charge is 0.0648 e. The minimum Gasteiger partial charge on any atom is -0.339 e. The highest BCUT2D eigenvalue weighted by molar-refractivity contribution is 5.86. The highest BCUT2D eigenvalue weighted by Crippen LogP contribution is 2.27. The number of rotatable bonds is 3. The maximum absolute atomic E-state index is 5.76. The lowest BCUT2D eigenvalue weighted by atomic mass is 10.1. The number of benzene rings is 1. The first kappa shape index (κ1) is 13.9. The van der Waals surface area contributed by atoms with Crippen LogP contribution in [0.4, 0.5) is 0 Å². The van der Waals surface area contributed by atoms with Crippen LogP contribution in [0.1, 0.15) is 28.2 Å². The van der Waals surface area contributed by atoms with Crippen LogP contribution in [0, 0.1) is 20.8 Å². The van der Waals surface area contributed by atoms with Gasteiger partial charge in [0.1, 0.15) is 0 Å². The zero-order valence-corrected chi connectivity index (χ0v) is 13.1. The molecule has 21 heavy (non-hydrogen) atoms. The molecule has 4 nitrogen and oxygen atoms in total. The molecule has 0 unspecified atom stereocenters. The molecule has 3 aromatic rings. The van der Waals surface area contributed by atoms with Crippen LogP contribution in [0.25, 0.3) is 10.9 Å². The van der Waals surface area contributed by atoms with E-state index in [4.69, 9.17) is 5.73 Å². The van der Waals surface area contributed by atoms with Crippen LogP contribution >= 0.6 is 0 Å². The molecule has 2 aromatic heterocycles. The lowest BCUT2D eigenvalue weighted by Crippen LogP contribution is -2.07. The maximum atomic E-state index is 5.76. The number of hydrogen-bond donors (Lipinski definition) is 1. The number of nitrogens with zero attached hydrogens (tertiary/aromatic N) is 3. The van der Waals surface area contributed by atoms with Crippen molar-refractivity contribution in [2.75, 3.05) is 0 Å². The zero-order valence-electron chi connectivity index (χ0n) is 13.1. The highest BCUT2D eigenvalue weighted by atomic mass is 15.3. The van der Waals surface area contributed by atoms with Gasteiger partial charge in [0.2, 0.25) is 0 Å². The maximum Gasteiger partial charge on any atom is 0.0648 e. The van der Waals surface area contributed by atoms with E-state index in [-0.39, 0.29) is 0 Å². The topological polar surface area (TPSA) is 48.8 Å². The second-order valence-electron chi connectivity index (χ2n) is 5.75. The molecule has 0 atom stereocenters. The number of nitrogens with two attached hydrogens (primary N) is 1. The zero-order chi connectivity index (χ0) is 15.1. The van der Waals surface area contributed by atoms with Gasteiger partial charge in [0.05, 0.1) is 17.9 Å². The van der Waals surface area contributed by atoms with E-state index in [0.29, 0.717) is 6.54 Å². The first-order chi connectivity index (χ1) is 10.0. The molecule has 0 saturated heterocycles. The van der Waals surface area contributed by atoms with Gasteiger partial charge in [-0.3, -0.25) is 4.68 Å².